The molecule has 18 heavy (non-hydrogen) atoms. The minimum Gasteiger partial charge on any atom is -0.495 e. The second-order valence-electron chi connectivity index (χ2n) is 4.30. The smallest absolute Gasteiger partial charge is 0.221 e. The van der Waals surface area contributed by atoms with Crippen LogP contribution in [-0.2, 0) is 9.53 Å². The summed E-state index contributed by atoms with van der Waals surface area (Å²) >= 11 is 0. The number of methoxy groups -OCH3 is 1. The van der Waals surface area contributed by atoms with Gasteiger partial charge in [0.2, 0.25) is 5.91 Å². The molecule has 1 aliphatic rings. The summed E-state index contributed by atoms with van der Waals surface area (Å²) in [4.78, 5) is 11.0. The van der Waals surface area contributed by atoms with Gasteiger partial charge in [0, 0.05) is 19.2 Å². The van der Waals surface area contributed by atoms with E-state index in [2.05, 4.69) is 10.6 Å². The molecule has 2 N–H and O–H groups in total. The summed E-state index contributed by atoms with van der Waals surface area (Å²) in [6.45, 7) is 2.97. The Morgan fingerprint density at radius 3 is 2.94 bits per heavy atom. The van der Waals surface area contributed by atoms with E-state index >= 15 is 0 Å². The molecule has 98 valence electrons. The number of amides is 1. The van der Waals surface area contributed by atoms with Gasteiger partial charge in [-0.1, -0.05) is 0 Å². The summed E-state index contributed by atoms with van der Waals surface area (Å²) in [6.07, 6.45) is 0.980. The van der Waals surface area contributed by atoms with Gasteiger partial charge in [-0.15, -0.1) is 0 Å². The van der Waals surface area contributed by atoms with Crippen LogP contribution in [0.4, 0.5) is 11.4 Å². The number of hydrogen-bond donors (Lipinski definition) is 2. The molecular formula is C13H18N2O3. The van der Waals surface area contributed by atoms with Crippen molar-refractivity contribution in [3.63, 3.8) is 0 Å². The zero-order valence-electron chi connectivity index (χ0n) is 10.7. The first kappa shape index (κ1) is 12.7. The van der Waals surface area contributed by atoms with E-state index in [9.17, 15) is 4.79 Å². The van der Waals surface area contributed by atoms with E-state index in [1.165, 1.54) is 6.92 Å². The summed E-state index contributed by atoms with van der Waals surface area (Å²) in [6, 6.07) is 5.82. The van der Waals surface area contributed by atoms with Crippen molar-refractivity contribution < 1.29 is 14.3 Å². The van der Waals surface area contributed by atoms with Crippen LogP contribution in [0.1, 0.15) is 13.3 Å². The molecule has 0 radical (unpaired) electrons. The molecule has 1 amide bonds. The third kappa shape index (κ3) is 3.13. The van der Waals surface area contributed by atoms with E-state index in [-0.39, 0.29) is 5.91 Å². The monoisotopic (exact) mass is 250 g/mol. The van der Waals surface area contributed by atoms with Gasteiger partial charge >= 0.3 is 0 Å². The number of nitrogens with one attached hydrogen (secondary N) is 2. The molecule has 0 bridgehead atoms. The van der Waals surface area contributed by atoms with Crippen LogP contribution in [0.3, 0.4) is 0 Å². The van der Waals surface area contributed by atoms with E-state index in [1.807, 2.05) is 18.2 Å². The Bertz CT molecular complexity index is 428. The van der Waals surface area contributed by atoms with Gasteiger partial charge in [0.1, 0.15) is 5.75 Å². The molecule has 1 heterocycles. The van der Waals surface area contributed by atoms with Gasteiger partial charge in [-0.25, -0.2) is 0 Å². The van der Waals surface area contributed by atoms with Crippen molar-refractivity contribution in [2.75, 3.05) is 31.0 Å². The summed E-state index contributed by atoms with van der Waals surface area (Å²) in [5, 5.41) is 6.13. The van der Waals surface area contributed by atoms with Crippen molar-refractivity contribution in [3.05, 3.63) is 18.2 Å². The van der Waals surface area contributed by atoms with Crippen LogP contribution in [0.25, 0.3) is 0 Å². The van der Waals surface area contributed by atoms with Crippen LogP contribution in [0.15, 0.2) is 18.2 Å². The highest BCUT2D eigenvalue weighted by molar-refractivity contribution is 5.89. The molecule has 0 aromatic heterocycles. The molecule has 0 spiro atoms. The van der Waals surface area contributed by atoms with Crippen LogP contribution in [0, 0.1) is 0 Å². The fraction of sp³-hybridized carbons (Fsp3) is 0.462. The number of carbonyl (C=O) groups is 1. The van der Waals surface area contributed by atoms with E-state index in [0.717, 1.165) is 30.2 Å². The molecule has 1 saturated heterocycles. The molecule has 1 aliphatic heterocycles. The van der Waals surface area contributed by atoms with Crippen LogP contribution < -0.4 is 15.4 Å². The minimum absolute atomic E-state index is 0.0877. The van der Waals surface area contributed by atoms with Crippen molar-refractivity contribution in [1.29, 1.82) is 0 Å². The Kier molecular flexibility index (Phi) is 4.04. The zero-order valence-corrected chi connectivity index (χ0v) is 10.7. The predicted octanol–water partition coefficient (Wildman–Crippen LogP) is 1.85. The third-order valence-electron chi connectivity index (χ3n) is 2.81. The lowest BCUT2D eigenvalue weighted by atomic mass is 10.2. The topological polar surface area (TPSA) is 59.6 Å². The van der Waals surface area contributed by atoms with Gasteiger partial charge in [0.25, 0.3) is 0 Å². The summed E-state index contributed by atoms with van der Waals surface area (Å²) in [5.74, 6) is 0.673. The summed E-state index contributed by atoms with van der Waals surface area (Å²) in [7, 11) is 1.63. The average Bonchev–Trinajstić information content (AvgIpc) is 2.81. The second kappa shape index (κ2) is 5.73. The standard InChI is InChI=1S/C13H18N2O3/c1-9(16)14-10-3-4-13(17-2)12(7-10)15-11-5-6-18-8-11/h3-4,7,11,15H,5-6,8H2,1-2H3,(H,14,16). The normalized spacial score (nSPS) is 18.4. The third-order valence-corrected chi connectivity index (χ3v) is 2.81. The average molecular weight is 250 g/mol. The van der Waals surface area contributed by atoms with Gasteiger partial charge in [-0.3, -0.25) is 4.79 Å². The maximum atomic E-state index is 11.0. The van der Waals surface area contributed by atoms with Gasteiger partial charge in [-0.05, 0) is 24.6 Å². The minimum atomic E-state index is -0.0877. The van der Waals surface area contributed by atoms with Crippen molar-refractivity contribution in [3.8, 4) is 5.75 Å². The number of hydrogen-bond acceptors (Lipinski definition) is 4. The van der Waals surface area contributed by atoms with Crippen LogP contribution in [-0.4, -0.2) is 32.3 Å². The fourth-order valence-electron chi connectivity index (χ4n) is 1.97. The SMILES string of the molecule is COc1ccc(NC(C)=O)cc1NC1CCOC1. The Balaban J connectivity index is 2.15. The maximum absolute atomic E-state index is 11.0. The molecule has 1 aromatic rings. The molecular weight excluding hydrogens is 232 g/mol. The quantitative estimate of drug-likeness (QED) is 0.856. The van der Waals surface area contributed by atoms with E-state index in [0.29, 0.717) is 12.6 Å². The Hall–Kier alpha value is -1.75. The molecule has 0 saturated carbocycles. The Labute approximate surface area is 106 Å². The molecule has 1 fully saturated rings. The number of carbonyl (C=O) groups excluding carboxylic acids is 1. The van der Waals surface area contributed by atoms with Gasteiger partial charge < -0.3 is 20.1 Å². The molecule has 1 aromatic carbocycles. The molecule has 1 unspecified atom stereocenters. The number of rotatable bonds is 4. The first-order valence-corrected chi connectivity index (χ1v) is 5.99. The zero-order chi connectivity index (χ0) is 13.0. The van der Waals surface area contributed by atoms with Crippen molar-refractivity contribution >= 4 is 17.3 Å². The van der Waals surface area contributed by atoms with Crippen LogP contribution in [0.2, 0.25) is 0 Å². The lowest BCUT2D eigenvalue weighted by Crippen LogP contribution is -2.19. The number of anilines is 2. The largest absolute Gasteiger partial charge is 0.495 e. The highest BCUT2D eigenvalue weighted by Gasteiger charge is 2.17. The maximum Gasteiger partial charge on any atom is 0.221 e. The van der Waals surface area contributed by atoms with E-state index in [1.54, 1.807) is 7.11 Å². The van der Waals surface area contributed by atoms with Crippen LogP contribution in [0.5, 0.6) is 5.75 Å². The van der Waals surface area contributed by atoms with Gasteiger partial charge in [-0.2, -0.15) is 0 Å². The van der Waals surface area contributed by atoms with Crippen molar-refractivity contribution in [2.45, 2.75) is 19.4 Å². The summed E-state index contributed by atoms with van der Waals surface area (Å²) in [5.41, 5.74) is 1.63. The lowest BCUT2D eigenvalue weighted by molar-refractivity contribution is -0.114. The van der Waals surface area contributed by atoms with Gasteiger partial charge in [0.15, 0.2) is 0 Å². The molecule has 1 atom stereocenters. The highest BCUT2D eigenvalue weighted by atomic mass is 16.5. The Morgan fingerprint density at radius 1 is 1.50 bits per heavy atom. The van der Waals surface area contributed by atoms with E-state index in [4.69, 9.17) is 9.47 Å². The fourth-order valence-corrected chi connectivity index (χ4v) is 1.97. The highest BCUT2D eigenvalue weighted by Crippen LogP contribution is 2.29. The Morgan fingerprint density at radius 2 is 2.33 bits per heavy atom. The van der Waals surface area contributed by atoms with E-state index < -0.39 is 0 Å². The van der Waals surface area contributed by atoms with Crippen molar-refractivity contribution in [1.82, 2.24) is 0 Å². The first-order chi connectivity index (χ1) is 8.69. The van der Waals surface area contributed by atoms with Gasteiger partial charge in [0.05, 0.1) is 25.4 Å². The molecule has 2 rings (SSSR count). The lowest BCUT2D eigenvalue weighted by Gasteiger charge is -2.16. The molecule has 5 heteroatoms. The second-order valence-corrected chi connectivity index (χ2v) is 4.30. The number of benzene rings is 1. The molecule has 5 nitrogen and oxygen atoms in total. The number of ether oxygens (including phenoxy) is 2. The first-order valence-electron chi connectivity index (χ1n) is 5.99. The predicted molar refractivity (Wildman–Crippen MR) is 70.1 cm³/mol. The van der Waals surface area contributed by atoms with Crippen molar-refractivity contribution in [2.24, 2.45) is 0 Å². The summed E-state index contributed by atoms with van der Waals surface area (Å²) < 4.78 is 10.6. The van der Waals surface area contributed by atoms with Crippen LogP contribution >= 0.6 is 0 Å². The molecule has 0 aliphatic carbocycles.